The number of aryl methyl sites for hydroxylation is 1. The van der Waals surface area contributed by atoms with E-state index in [1.165, 1.54) is 11.3 Å². The summed E-state index contributed by atoms with van der Waals surface area (Å²) in [5.41, 5.74) is 0. The van der Waals surface area contributed by atoms with Gasteiger partial charge >= 0.3 is 0 Å². The molecule has 0 bridgehead atoms. The molecule has 0 radical (unpaired) electrons. The van der Waals surface area contributed by atoms with E-state index in [-0.39, 0.29) is 10.6 Å². The van der Waals surface area contributed by atoms with E-state index in [0.29, 0.717) is 0 Å². The highest BCUT2D eigenvalue weighted by atomic mass is 79.9. The van der Waals surface area contributed by atoms with Crippen LogP contribution in [-0.2, 0) is 0 Å². The molecule has 1 rings (SSSR count). The molecular weight excluding hydrogens is 316 g/mol. The predicted octanol–water partition coefficient (Wildman–Crippen LogP) is 4.18. The first-order valence-electron chi connectivity index (χ1n) is 4.00. The van der Waals surface area contributed by atoms with Crippen molar-refractivity contribution in [2.45, 2.75) is 25.1 Å². The van der Waals surface area contributed by atoms with Crippen LogP contribution in [-0.4, -0.2) is 10.6 Å². The Morgan fingerprint density at radius 3 is 2.69 bits per heavy atom. The van der Waals surface area contributed by atoms with Gasteiger partial charge in [0.25, 0.3) is 0 Å². The van der Waals surface area contributed by atoms with Gasteiger partial charge in [0.05, 0.1) is 9.70 Å². The van der Waals surface area contributed by atoms with Gasteiger partial charge in [-0.3, -0.25) is 4.79 Å². The summed E-state index contributed by atoms with van der Waals surface area (Å²) < 4.78 is 1.02. The molecule has 0 saturated carbocycles. The Balaban J connectivity index is 2.89. The minimum Gasteiger partial charge on any atom is -0.292 e. The van der Waals surface area contributed by atoms with Crippen LogP contribution in [0, 0.1) is 6.92 Å². The summed E-state index contributed by atoms with van der Waals surface area (Å²) in [6, 6.07) is 1.90. The van der Waals surface area contributed by atoms with Crippen LogP contribution in [0.3, 0.4) is 0 Å². The molecule has 0 aliphatic carbocycles. The van der Waals surface area contributed by atoms with Crippen molar-refractivity contribution in [2.75, 3.05) is 0 Å². The van der Waals surface area contributed by atoms with E-state index in [1.54, 1.807) is 0 Å². The van der Waals surface area contributed by atoms with Crippen molar-refractivity contribution in [1.29, 1.82) is 0 Å². The number of carbonyl (C=O) groups excluding carboxylic acids is 1. The number of Topliss-reactive ketones (excluding diaryl/α,β-unsaturated/α-hetero) is 1. The molecule has 1 heterocycles. The highest BCUT2D eigenvalue weighted by Gasteiger charge is 2.17. The number of hydrogen-bond donors (Lipinski definition) is 0. The average Bonchev–Trinajstić information content (AvgIpc) is 2.44. The van der Waals surface area contributed by atoms with Crippen LogP contribution in [0.4, 0.5) is 0 Å². The van der Waals surface area contributed by atoms with Crippen LogP contribution < -0.4 is 0 Å². The fourth-order valence-electron chi connectivity index (χ4n) is 0.921. The third-order valence-electron chi connectivity index (χ3n) is 1.74. The number of ketones is 1. The zero-order chi connectivity index (χ0) is 10.0. The number of halogens is 2. The van der Waals surface area contributed by atoms with Crippen molar-refractivity contribution >= 4 is 49.0 Å². The maximum Gasteiger partial charge on any atom is 0.186 e. The summed E-state index contributed by atoms with van der Waals surface area (Å²) in [4.78, 5) is 13.6. The van der Waals surface area contributed by atoms with Crippen molar-refractivity contribution in [1.82, 2.24) is 0 Å². The normalized spacial score (nSPS) is 12.9. The predicted molar refractivity (Wildman–Crippen MR) is 64.1 cm³/mol. The van der Waals surface area contributed by atoms with Gasteiger partial charge in [-0.05, 0) is 35.3 Å². The second kappa shape index (κ2) is 4.71. The minimum atomic E-state index is -0.0440. The molecule has 0 N–H and O–H groups in total. The Hall–Kier alpha value is 0.330. The number of rotatable bonds is 3. The van der Waals surface area contributed by atoms with Crippen LogP contribution in [0.1, 0.15) is 27.9 Å². The third-order valence-corrected chi connectivity index (χ3v) is 4.96. The topological polar surface area (TPSA) is 17.1 Å². The van der Waals surface area contributed by atoms with E-state index in [1.807, 2.05) is 19.9 Å². The first-order valence-corrected chi connectivity index (χ1v) is 6.53. The molecule has 1 atom stereocenters. The lowest BCUT2D eigenvalue weighted by molar-refractivity contribution is 0.0994. The summed E-state index contributed by atoms with van der Waals surface area (Å²) in [6.07, 6.45) is 0.827. The molecular formula is C9H10Br2OS. The second-order valence-corrected chi connectivity index (χ2v) is 5.97. The molecule has 0 aliphatic rings. The Morgan fingerprint density at radius 1 is 1.69 bits per heavy atom. The summed E-state index contributed by atoms with van der Waals surface area (Å²) in [6.45, 7) is 3.99. The van der Waals surface area contributed by atoms with Gasteiger partial charge in [0.2, 0.25) is 0 Å². The Morgan fingerprint density at radius 2 is 2.31 bits per heavy atom. The van der Waals surface area contributed by atoms with Gasteiger partial charge in [-0.25, -0.2) is 0 Å². The molecule has 4 heteroatoms. The fourth-order valence-corrected chi connectivity index (χ4v) is 2.85. The van der Waals surface area contributed by atoms with Crippen LogP contribution in [0.15, 0.2) is 10.5 Å². The lowest BCUT2D eigenvalue weighted by Crippen LogP contribution is -2.10. The van der Waals surface area contributed by atoms with E-state index in [9.17, 15) is 4.79 Å². The molecule has 0 aromatic carbocycles. The van der Waals surface area contributed by atoms with Gasteiger partial charge in [-0.15, -0.1) is 11.3 Å². The van der Waals surface area contributed by atoms with Gasteiger partial charge in [0, 0.05) is 9.35 Å². The van der Waals surface area contributed by atoms with Crippen LogP contribution >= 0.6 is 43.2 Å². The highest BCUT2D eigenvalue weighted by molar-refractivity contribution is 9.10. The van der Waals surface area contributed by atoms with E-state index < -0.39 is 0 Å². The summed E-state index contributed by atoms with van der Waals surface area (Å²) in [7, 11) is 0. The third kappa shape index (κ3) is 2.64. The molecule has 1 aromatic heterocycles. The molecule has 72 valence electrons. The quantitative estimate of drug-likeness (QED) is 0.602. The molecule has 0 aliphatic heterocycles. The van der Waals surface area contributed by atoms with Gasteiger partial charge in [-0.2, -0.15) is 0 Å². The van der Waals surface area contributed by atoms with Crippen molar-refractivity contribution in [3.63, 3.8) is 0 Å². The Bertz CT molecular complexity index is 300. The number of hydrogen-bond acceptors (Lipinski definition) is 2. The van der Waals surface area contributed by atoms with Crippen molar-refractivity contribution in [3.05, 3.63) is 20.3 Å². The average molecular weight is 326 g/mol. The summed E-state index contributed by atoms with van der Waals surface area (Å²) >= 11 is 8.29. The van der Waals surface area contributed by atoms with Crippen molar-refractivity contribution < 1.29 is 4.79 Å². The Labute approximate surface area is 98.8 Å². The molecule has 1 aromatic rings. The van der Waals surface area contributed by atoms with Gasteiger partial charge in [0.15, 0.2) is 5.78 Å². The SMILES string of the molecule is CCC(Br)C(=O)c1cc(Br)c(C)s1. The van der Waals surface area contributed by atoms with E-state index in [0.717, 1.165) is 20.6 Å². The largest absolute Gasteiger partial charge is 0.292 e. The Kier molecular flexibility index (Phi) is 4.13. The lowest BCUT2D eigenvalue weighted by atomic mass is 10.2. The first kappa shape index (κ1) is 11.4. The lowest BCUT2D eigenvalue weighted by Gasteiger charge is -2.01. The number of alkyl halides is 1. The molecule has 0 amide bonds. The van der Waals surface area contributed by atoms with Crippen LogP contribution in [0.25, 0.3) is 0 Å². The standard InChI is InChI=1S/C9H10Br2OS/c1-3-6(10)9(12)8-4-7(11)5(2)13-8/h4,6H,3H2,1-2H3. The van der Waals surface area contributed by atoms with Crippen molar-refractivity contribution in [3.8, 4) is 0 Å². The van der Waals surface area contributed by atoms with E-state index in [4.69, 9.17) is 0 Å². The summed E-state index contributed by atoms with van der Waals surface area (Å²) in [5.74, 6) is 0.182. The second-order valence-electron chi connectivity index (χ2n) is 2.75. The van der Waals surface area contributed by atoms with Crippen LogP contribution in [0.2, 0.25) is 0 Å². The maximum absolute atomic E-state index is 11.7. The number of thiophene rings is 1. The minimum absolute atomic E-state index is 0.0440. The maximum atomic E-state index is 11.7. The van der Waals surface area contributed by atoms with Gasteiger partial charge in [-0.1, -0.05) is 22.9 Å². The van der Waals surface area contributed by atoms with E-state index in [2.05, 4.69) is 31.9 Å². The highest BCUT2D eigenvalue weighted by Crippen LogP contribution is 2.28. The first-order chi connectivity index (χ1) is 6.06. The van der Waals surface area contributed by atoms with Gasteiger partial charge in [0.1, 0.15) is 0 Å². The molecule has 1 unspecified atom stereocenters. The molecule has 0 saturated heterocycles. The smallest absolute Gasteiger partial charge is 0.186 e. The molecule has 1 nitrogen and oxygen atoms in total. The molecule has 13 heavy (non-hydrogen) atoms. The van der Waals surface area contributed by atoms with Crippen molar-refractivity contribution in [2.24, 2.45) is 0 Å². The summed E-state index contributed by atoms with van der Waals surface area (Å²) in [5, 5.41) is 0. The zero-order valence-corrected chi connectivity index (χ0v) is 11.4. The molecule has 0 fully saturated rings. The molecule has 0 spiro atoms. The fraction of sp³-hybridized carbons (Fsp3) is 0.444. The van der Waals surface area contributed by atoms with E-state index >= 15 is 0 Å². The zero-order valence-electron chi connectivity index (χ0n) is 7.43. The van der Waals surface area contributed by atoms with Gasteiger partial charge < -0.3 is 0 Å². The number of carbonyl (C=O) groups is 1. The van der Waals surface area contributed by atoms with Crippen LogP contribution in [0.5, 0.6) is 0 Å². The monoisotopic (exact) mass is 324 g/mol.